The van der Waals surface area contributed by atoms with E-state index in [2.05, 4.69) is 24.9 Å². The Morgan fingerprint density at radius 1 is 1.13 bits per heavy atom. The molecule has 0 bridgehead atoms. The van der Waals surface area contributed by atoms with Gasteiger partial charge in [-0.25, -0.2) is 4.98 Å². The second kappa shape index (κ2) is 6.68. The summed E-state index contributed by atoms with van der Waals surface area (Å²) < 4.78 is 5.75. The third-order valence-corrected chi connectivity index (χ3v) is 6.74. The molecule has 0 radical (unpaired) electrons. The van der Waals surface area contributed by atoms with Crippen molar-refractivity contribution >= 4 is 29.1 Å². The zero-order valence-electron chi connectivity index (χ0n) is 17.1. The van der Waals surface area contributed by atoms with Crippen molar-refractivity contribution in [2.75, 3.05) is 36.0 Å². The summed E-state index contributed by atoms with van der Waals surface area (Å²) >= 11 is 6.26. The predicted molar refractivity (Wildman–Crippen MR) is 116 cm³/mol. The van der Waals surface area contributed by atoms with Crippen LogP contribution in [0.15, 0.2) is 41.3 Å². The lowest BCUT2D eigenvalue weighted by molar-refractivity contribution is -0.130. The minimum atomic E-state index is -0.00167. The van der Waals surface area contributed by atoms with E-state index in [4.69, 9.17) is 16.1 Å². The van der Waals surface area contributed by atoms with Crippen molar-refractivity contribution < 1.29 is 9.32 Å². The predicted octanol–water partition coefficient (Wildman–Crippen LogP) is 2.97. The first-order valence-corrected chi connectivity index (χ1v) is 10.7. The van der Waals surface area contributed by atoms with E-state index in [1.54, 1.807) is 24.2 Å². The number of carbonyl (C=O) groups is 1. The van der Waals surface area contributed by atoms with Gasteiger partial charge in [0.1, 0.15) is 5.82 Å². The van der Waals surface area contributed by atoms with Gasteiger partial charge in [-0.1, -0.05) is 22.8 Å². The Bertz CT molecular complexity index is 1170. The first-order valence-electron chi connectivity index (χ1n) is 10.3. The van der Waals surface area contributed by atoms with Crippen LogP contribution < -0.4 is 9.80 Å². The zero-order chi connectivity index (χ0) is 21.2. The maximum Gasteiger partial charge on any atom is 0.220 e. The number of amides is 1. The Kier molecular flexibility index (Phi) is 4.02. The highest BCUT2D eigenvalue weighted by atomic mass is 35.5. The molecule has 0 unspecified atom stereocenters. The van der Waals surface area contributed by atoms with E-state index in [1.807, 2.05) is 24.4 Å². The lowest BCUT2D eigenvalue weighted by Crippen LogP contribution is -2.72. The molecule has 9 heteroatoms. The smallest absolute Gasteiger partial charge is 0.220 e. The standard InChI is InChI=1S/C22H21ClN6O2/c1-14(30)27-8-15-6-16(23)2-3-17(15)20-18(9-27)31-26-21(20)29-12-22(13-29)10-28(11-22)19-7-24-4-5-25-19/h2-7H,8-13H2,1H3. The molecular weight excluding hydrogens is 416 g/mol. The summed E-state index contributed by atoms with van der Waals surface area (Å²) in [5, 5.41) is 5.08. The molecule has 1 spiro atoms. The van der Waals surface area contributed by atoms with Crippen molar-refractivity contribution in [2.45, 2.75) is 20.0 Å². The summed E-state index contributed by atoms with van der Waals surface area (Å²) in [6.45, 7) is 6.25. The number of benzene rings is 1. The Morgan fingerprint density at radius 3 is 2.68 bits per heavy atom. The second-order valence-electron chi connectivity index (χ2n) is 8.76. The zero-order valence-corrected chi connectivity index (χ0v) is 17.8. The normalized spacial score (nSPS) is 18.7. The maximum absolute atomic E-state index is 12.1. The monoisotopic (exact) mass is 436 g/mol. The number of hydrogen-bond donors (Lipinski definition) is 0. The lowest BCUT2D eigenvalue weighted by Gasteiger charge is -2.60. The van der Waals surface area contributed by atoms with Crippen LogP contribution in [0.1, 0.15) is 18.2 Å². The van der Waals surface area contributed by atoms with E-state index in [9.17, 15) is 4.79 Å². The third-order valence-electron chi connectivity index (χ3n) is 6.50. The molecule has 0 saturated carbocycles. The number of fused-ring (bicyclic) bond motifs is 3. The maximum atomic E-state index is 12.1. The minimum Gasteiger partial charge on any atom is -0.357 e. The van der Waals surface area contributed by atoms with Crippen LogP contribution in [0.4, 0.5) is 11.6 Å². The van der Waals surface area contributed by atoms with Gasteiger partial charge in [0.15, 0.2) is 11.6 Å². The van der Waals surface area contributed by atoms with Gasteiger partial charge in [0.05, 0.1) is 18.3 Å². The van der Waals surface area contributed by atoms with Gasteiger partial charge in [-0.15, -0.1) is 0 Å². The van der Waals surface area contributed by atoms with Gasteiger partial charge < -0.3 is 19.2 Å². The highest BCUT2D eigenvalue weighted by Gasteiger charge is 2.53. The van der Waals surface area contributed by atoms with Crippen LogP contribution in [0.3, 0.4) is 0 Å². The van der Waals surface area contributed by atoms with Gasteiger partial charge in [0.25, 0.3) is 0 Å². The van der Waals surface area contributed by atoms with Crippen LogP contribution in [-0.4, -0.2) is 52.1 Å². The van der Waals surface area contributed by atoms with E-state index < -0.39 is 0 Å². The fraction of sp³-hybridized carbons (Fsp3) is 0.364. The van der Waals surface area contributed by atoms with Crippen molar-refractivity contribution in [3.05, 3.63) is 53.1 Å². The highest BCUT2D eigenvalue weighted by molar-refractivity contribution is 6.30. The number of nitrogens with zero attached hydrogens (tertiary/aromatic N) is 6. The fourth-order valence-corrected chi connectivity index (χ4v) is 5.19. The topological polar surface area (TPSA) is 78.6 Å². The Balaban J connectivity index is 1.27. The molecule has 1 amide bonds. The van der Waals surface area contributed by atoms with Crippen molar-refractivity contribution in [2.24, 2.45) is 5.41 Å². The van der Waals surface area contributed by atoms with Gasteiger partial charge in [0.2, 0.25) is 5.91 Å². The van der Waals surface area contributed by atoms with Crippen LogP contribution in [0, 0.1) is 5.41 Å². The summed E-state index contributed by atoms with van der Waals surface area (Å²) in [5.74, 6) is 2.50. The number of aromatic nitrogens is 3. The minimum absolute atomic E-state index is 0.00167. The highest BCUT2D eigenvalue weighted by Crippen LogP contribution is 2.47. The molecular formula is C22H21ClN6O2. The van der Waals surface area contributed by atoms with E-state index >= 15 is 0 Å². The van der Waals surface area contributed by atoms with Gasteiger partial charge >= 0.3 is 0 Å². The van der Waals surface area contributed by atoms with E-state index in [1.165, 1.54) is 0 Å². The molecule has 2 fully saturated rings. The summed E-state index contributed by atoms with van der Waals surface area (Å²) in [5.41, 5.74) is 3.28. The Labute approximate surface area is 184 Å². The van der Waals surface area contributed by atoms with Gasteiger partial charge in [-0.2, -0.15) is 0 Å². The molecule has 6 rings (SSSR count). The summed E-state index contributed by atoms with van der Waals surface area (Å²) in [6.07, 6.45) is 5.23. The van der Waals surface area contributed by atoms with Crippen LogP contribution in [-0.2, 0) is 17.9 Å². The summed E-state index contributed by atoms with van der Waals surface area (Å²) in [7, 11) is 0. The van der Waals surface area contributed by atoms with E-state index in [0.717, 1.165) is 60.3 Å². The summed E-state index contributed by atoms with van der Waals surface area (Å²) in [4.78, 5) is 27.0. The number of halogens is 1. The number of hydrogen-bond acceptors (Lipinski definition) is 7. The fourth-order valence-electron chi connectivity index (χ4n) is 5.00. The van der Waals surface area contributed by atoms with E-state index in [0.29, 0.717) is 18.1 Å². The average Bonchev–Trinajstić information content (AvgIpc) is 3.02. The summed E-state index contributed by atoms with van der Waals surface area (Å²) in [6, 6.07) is 5.82. The molecule has 5 heterocycles. The number of rotatable bonds is 2. The second-order valence-corrected chi connectivity index (χ2v) is 9.19. The molecule has 0 N–H and O–H groups in total. The van der Waals surface area contributed by atoms with Crippen molar-refractivity contribution in [3.8, 4) is 11.1 Å². The third kappa shape index (κ3) is 2.96. The van der Waals surface area contributed by atoms with Crippen LogP contribution in [0.25, 0.3) is 11.1 Å². The molecule has 158 valence electrons. The van der Waals surface area contributed by atoms with Gasteiger partial charge in [-0.05, 0) is 23.3 Å². The Hall–Kier alpha value is -3.13. The lowest BCUT2D eigenvalue weighted by atomic mass is 9.72. The molecule has 31 heavy (non-hydrogen) atoms. The molecule has 3 aliphatic rings. The quantitative estimate of drug-likeness (QED) is 0.611. The number of carbonyl (C=O) groups excluding carboxylic acids is 1. The average molecular weight is 437 g/mol. The molecule has 0 atom stereocenters. The first-order chi connectivity index (χ1) is 15.0. The molecule has 3 aromatic rings. The van der Waals surface area contributed by atoms with Gasteiger partial charge in [-0.3, -0.25) is 9.78 Å². The molecule has 0 aliphatic carbocycles. The van der Waals surface area contributed by atoms with Crippen molar-refractivity contribution in [3.63, 3.8) is 0 Å². The molecule has 8 nitrogen and oxygen atoms in total. The molecule has 3 aliphatic heterocycles. The van der Waals surface area contributed by atoms with Crippen molar-refractivity contribution in [1.29, 1.82) is 0 Å². The van der Waals surface area contributed by atoms with Crippen molar-refractivity contribution in [1.82, 2.24) is 20.0 Å². The molecule has 2 aromatic heterocycles. The van der Waals surface area contributed by atoms with Crippen LogP contribution in [0.5, 0.6) is 0 Å². The molecule has 1 aromatic carbocycles. The SMILES string of the molecule is CC(=O)N1Cc2cc(Cl)ccc2-c2c(N3CC4(CN(c5cnccn5)C4)C3)noc2C1. The Morgan fingerprint density at radius 2 is 1.94 bits per heavy atom. The number of anilines is 2. The molecule has 2 saturated heterocycles. The largest absolute Gasteiger partial charge is 0.357 e. The first kappa shape index (κ1) is 18.6. The van der Waals surface area contributed by atoms with Gasteiger partial charge in [0, 0.05) is 62.5 Å². The van der Waals surface area contributed by atoms with E-state index in [-0.39, 0.29) is 11.3 Å². The van der Waals surface area contributed by atoms with Crippen LogP contribution in [0.2, 0.25) is 5.02 Å². The van der Waals surface area contributed by atoms with Crippen LogP contribution >= 0.6 is 11.6 Å².